The normalized spacial score (nSPS) is 12.6. The molecular weight excluding hydrogens is 637 g/mol. The first-order chi connectivity index (χ1) is 24.6. The van der Waals surface area contributed by atoms with E-state index in [0.717, 1.165) is 52.6 Å². The van der Waals surface area contributed by atoms with Gasteiger partial charge in [-0.1, -0.05) is 124 Å². The van der Waals surface area contributed by atoms with Crippen molar-refractivity contribution < 1.29 is 4.74 Å². The van der Waals surface area contributed by atoms with Gasteiger partial charge in [0.25, 0.3) is 0 Å². The maximum Gasteiger partial charge on any atom is 0.137 e. The van der Waals surface area contributed by atoms with Crippen molar-refractivity contribution in [2.75, 3.05) is 0 Å². The number of hydrogen-bond acceptors (Lipinski definition) is 3. The van der Waals surface area contributed by atoms with E-state index in [1.807, 2.05) is 6.20 Å². The molecule has 0 bridgehead atoms. The van der Waals surface area contributed by atoms with Crippen LogP contribution in [0.5, 0.6) is 11.5 Å². The molecule has 3 aromatic heterocycles. The van der Waals surface area contributed by atoms with Crippen molar-refractivity contribution in [2.24, 2.45) is 0 Å². The van der Waals surface area contributed by atoms with Gasteiger partial charge in [-0.3, -0.25) is 4.57 Å². The van der Waals surface area contributed by atoms with Crippen molar-refractivity contribution in [2.45, 2.75) is 98.3 Å². The molecule has 0 amide bonds. The molecule has 0 fully saturated rings. The van der Waals surface area contributed by atoms with E-state index >= 15 is 0 Å². The second-order valence-corrected chi connectivity index (χ2v) is 17.2. The maximum atomic E-state index is 6.87. The van der Waals surface area contributed by atoms with Gasteiger partial charge in [-0.2, -0.15) is 5.10 Å². The number of ether oxygens (including phenoxy) is 1. The minimum absolute atomic E-state index is 0.00109. The van der Waals surface area contributed by atoms with Gasteiger partial charge in [-0.05, 0) is 76.4 Å². The molecule has 0 N–H and O–H groups in total. The minimum Gasteiger partial charge on any atom is -0.457 e. The zero-order valence-corrected chi connectivity index (χ0v) is 32.5. The van der Waals surface area contributed by atoms with Crippen LogP contribution < -0.4 is 4.74 Å². The summed E-state index contributed by atoms with van der Waals surface area (Å²) in [5.41, 5.74) is 10.1. The number of pyridine rings is 1. The van der Waals surface area contributed by atoms with Crippen molar-refractivity contribution in [3.05, 3.63) is 132 Å². The number of aryl methyl sites for hydroxylation is 1. The summed E-state index contributed by atoms with van der Waals surface area (Å²) in [6.45, 7) is 22.6. The van der Waals surface area contributed by atoms with Gasteiger partial charge in [0.2, 0.25) is 0 Å². The van der Waals surface area contributed by atoms with Crippen LogP contribution >= 0.6 is 0 Å². The smallest absolute Gasteiger partial charge is 0.137 e. The third-order valence-corrected chi connectivity index (χ3v) is 9.94. The number of rotatable bonds is 7. The maximum absolute atomic E-state index is 6.87. The highest BCUT2D eigenvalue weighted by molar-refractivity contribution is 6.09. The van der Waals surface area contributed by atoms with E-state index in [4.69, 9.17) is 14.8 Å². The number of benzene rings is 4. The second-order valence-electron chi connectivity index (χ2n) is 17.2. The molecule has 4 aromatic carbocycles. The van der Waals surface area contributed by atoms with Gasteiger partial charge in [0.05, 0.1) is 28.1 Å². The largest absolute Gasteiger partial charge is 0.457 e. The molecule has 5 heteroatoms. The zero-order valence-electron chi connectivity index (χ0n) is 32.5. The van der Waals surface area contributed by atoms with Crippen molar-refractivity contribution in [1.82, 2.24) is 19.3 Å². The van der Waals surface area contributed by atoms with E-state index in [2.05, 4.69) is 182 Å². The fourth-order valence-electron chi connectivity index (χ4n) is 7.26. The van der Waals surface area contributed by atoms with Crippen LogP contribution in [0.25, 0.3) is 44.4 Å². The van der Waals surface area contributed by atoms with E-state index in [1.54, 1.807) is 0 Å². The highest BCUT2D eigenvalue weighted by Crippen LogP contribution is 2.41. The minimum atomic E-state index is -0.167. The average Bonchev–Trinajstić information content (AvgIpc) is 3.64. The van der Waals surface area contributed by atoms with E-state index < -0.39 is 0 Å². The topological polar surface area (TPSA) is 44.9 Å². The van der Waals surface area contributed by atoms with Crippen LogP contribution in [-0.2, 0) is 22.7 Å². The van der Waals surface area contributed by atoms with Crippen molar-refractivity contribution >= 4 is 21.8 Å². The molecule has 0 aliphatic rings. The van der Waals surface area contributed by atoms with Gasteiger partial charge in [0.15, 0.2) is 0 Å². The second kappa shape index (κ2) is 13.1. The number of hydrogen-bond donors (Lipinski definition) is 0. The Balaban J connectivity index is 1.40. The molecule has 3 heterocycles. The van der Waals surface area contributed by atoms with E-state index in [1.165, 1.54) is 38.7 Å². The number of fused-ring (bicyclic) bond motifs is 3. The summed E-state index contributed by atoms with van der Waals surface area (Å²) < 4.78 is 11.3. The third-order valence-electron chi connectivity index (χ3n) is 9.94. The van der Waals surface area contributed by atoms with Gasteiger partial charge >= 0.3 is 0 Å². The summed E-state index contributed by atoms with van der Waals surface area (Å²) in [5, 5.41) is 7.72. The van der Waals surface area contributed by atoms with Gasteiger partial charge in [-0.25, -0.2) is 9.67 Å². The molecule has 0 unspecified atom stereocenters. The number of aromatic nitrogens is 4. The highest BCUT2D eigenvalue weighted by atomic mass is 16.5. The summed E-state index contributed by atoms with van der Waals surface area (Å²) in [6.07, 6.45) is 3.85. The van der Waals surface area contributed by atoms with Crippen LogP contribution in [0, 0.1) is 0 Å². The molecule has 0 atom stereocenters. The Bertz CT molecular complexity index is 2390. The summed E-state index contributed by atoms with van der Waals surface area (Å²) in [4.78, 5) is 4.88. The Morgan fingerprint density at radius 3 is 2.00 bits per heavy atom. The third kappa shape index (κ3) is 6.65. The lowest BCUT2D eigenvalue weighted by Crippen LogP contribution is -2.19. The molecule has 0 saturated carbocycles. The molecule has 7 rings (SSSR count). The van der Waals surface area contributed by atoms with Gasteiger partial charge in [-0.15, -0.1) is 0 Å². The molecule has 0 spiro atoms. The SMILES string of the molecule is CCCc1nn(-c2cc(Oc3ccc4c5ccccc5n(-c5cc(C(C)(C)C)ccn5)c4c3)cc(C(C)(C)C)c2)c(C(C)(C)C)c1-c1ccccc1. The standard InChI is InChI=1S/C47H52N4O/c1-11-17-39-43(31-18-13-12-14-19-31)44(47(8,9)10)51(49-39)34-26-33(46(5,6)7)27-36(29-34)52-35-22-23-38-37-20-15-16-21-40(37)50(41(38)30-35)42-28-32(24-25-48-42)45(2,3)4/h12-16,18-30H,11,17H2,1-10H3. The van der Waals surface area contributed by atoms with Crippen LogP contribution in [0.1, 0.15) is 98.2 Å². The monoisotopic (exact) mass is 688 g/mol. The molecular formula is C47H52N4O. The van der Waals surface area contributed by atoms with Gasteiger partial charge in [0, 0.05) is 40.1 Å². The molecule has 0 radical (unpaired) electrons. The first kappa shape index (κ1) is 35.3. The molecule has 0 saturated heterocycles. The Morgan fingerprint density at radius 1 is 0.615 bits per heavy atom. The van der Waals surface area contributed by atoms with E-state index in [0.29, 0.717) is 0 Å². The predicted molar refractivity (Wildman–Crippen MR) is 218 cm³/mol. The lowest BCUT2D eigenvalue weighted by Gasteiger charge is -2.25. The Labute approximate surface area is 309 Å². The molecule has 0 aliphatic heterocycles. The molecule has 0 aliphatic carbocycles. The van der Waals surface area contributed by atoms with Crippen LogP contribution in [-0.4, -0.2) is 19.3 Å². The molecule has 5 nitrogen and oxygen atoms in total. The van der Waals surface area contributed by atoms with E-state index in [-0.39, 0.29) is 16.2 Å². The fraction of sp³-hybridized carbons (Fsp3) is 0.319. The highest BCUT2D eigenvalue weighted by Gasteiger charge is 2.30. The summed E-state index contributed by atoms with van der Waals surface area (Å²) >= 11 is 0. The average molecular weight is 689 g/mol. The first-order valence-corrected chi connectivity index (χ1v) is 18.6. The van der Waals surface area contributed by atoms with Crippen LogP contribution in [0.3, 0.4) is 0 Å². The van der Waals surface area contributed by atoms with Crippen LogP contribution in [0.15, 0.2) is 109 Å². The summed E-state index contributed by atoms with van der Waals surface area (Å²) in [6, 6.07) is 36.7. The van der Waals surface area contributed by atoms with Crippen molar-refractivity contribution in [3.8, 4) is 34.1 Å². The van der Waals surface area contributed by atoms with E-state index in [9.17, 15) is 0 Å². The van der Waals surface area contributed by atoms with Crippen molar-refractivity contribution in [1.29, 1.82) is 0 Å². The molecule has 7 aromatic rings. The lowest BCUT2D eigenvalue weighted by molar-refractivity contribution is 0.477. The predicted octanol–water partition coefficient (Wildman–Crippen LogP) is 12.7. The molecule has 52 heavy (non-hydrogen) atoms. The number of para-hydroxylation sites is 1. The molecule has 266 valence electrons. The van der Waals surface area contributed by atoms with Gasteiger partial charge < -0.3 is 4.74 Å². The fourth-order valence-corrected chi connectivity index (χ4v) is 7.26. The summed E-state index contributed by atoms with van der Waals surface area (Å²) in [5.74, 6) is 2.46. The van der Waals surface area contributed by atoms with Crippen LogP contribution in [0.4, 0.5) is 0 Å². The van der Waals surface area contributed by atoms with Crippen LogP contribution in [0.2, 0.25) is 0 Å². The number of nitrogens with zero attached hydrogens (tertiary/aromatic N) is 4. The Morgan fingerprint density at radius 2 is 1.31 bits per heavy atom. The Kier molecular flexibility index (Phi) is 8.89. The summed E-state index contributed by atoms with van der Waals surface area (Å²) in [7, 11) is 0. The van der Waals surface area contributed by atoms with Gasteiger partial charge in [0.1, 0.15) is 17.3 Å². The quantitative estimate of drug-likeness (QED) is 0.167. The van der Waals surface area contributed by atoms with Crippen molar-refractivity contribution in [3.63, 3.8) is 0 Å². The Hall–Kier alpha value is -5.16. The lowest BCUT2D eigenvalue weighted by atomic mass is 9.85. The zero-order chi connectivity index (χ0) is 37.0. The first-order valence-electron chi connectivity index (χ1n) is 18.6.